The SMILES string of the molecule is COc1cc(OC)cc(C(=O)C2(N)CCOCC2)c1. The Morgan fingerprint density at radius 3 is 2.16 bits per heavy atom. The predicted octanol–water partition coefficient (Wildman–Crippen LogP) is 1.39. The standard InChI is InChI=1S/C14H19NO4/c1-17-11-7-10(8-12(9-11)18-2)13(16)14(15)3-5-19-6-4-14/h7-9H,3-6,15H2,1-2H3. The van der Waals surface area contributed by atoms with Gasteiger partial charge in [-0.2, -0.15) is 0 Å². The monoisotopic (exact) mass is 265 g/mol. The molecule has 104 valence electrons. The number of nitrogens with two attached hydrogens (primary N) is 1. The van der Waals surface area contributed by atoms with Crippen LogP contribution in [0.3, 0.4) is 0 Å². The summed E-state index contributed by atoms with van der Waals surface area (Å²) in [5, 5.41) is 0. The molecule has 0 atom stereocenters. The molecule has 0 radical (unpaired) electrons. The van der Waals surface area contributed by atoms with Gasteiger partial charge in [-0.15, -0.1) is 0 Å². The lowest BCUT2D eigenvalue weighted by Crippen LogP contribution is -2.51. The summed E-state index contributed by atoms with van der Waals surface area (Å²) in [6, 6.07) is 5.10. The molecule has 0 aliphatic carbocycles. The van der Waals surface area contributed by atoms with Crippen LogP contribution in [-0.2, 0) is 4.74 Å². The molecule has 1 saturated heterocycles. The van der Waals surface area contributed by atoms with Crippen molar-refractivity contribution in [3.63, 3.8) is 0 Å². The van der Waals surface area contributed by atoms with Crippen molar-refractivity contribution in [1.29, 1.82) is 0 Å². The summed E-state index contributed by atoms with van der Waals surface area (Å²) in [5.74, 6) is 1.07. The van der Waals surface area contributed by atoms with Crippen LogP contribution in [-0.4, -0.2) is 38.8 Å². The maximum atomic E-state index is 12.6. The summed E-state index contributed by atoms with van der Waals surface area (Å²) in [6.07, 6.45) is 1.07. The lowest BCUT2D eigenvalue weighted by Gasteiger charge is -2.31. The Bertz CT molecular complexity index is 444. The van der Waals surface area contributed by atoms with Crippen molar-refractivity contribution in [2.75, 3.05) is 27.4 Å². The number of ether oxygens (including phenoxy) is 3. The van der Waals surface area contributed by atoms with E-state index in [4.69, 9.17) is 19.9 Å². The van der Waals surface area contributed by atoms with Crippen LogP contribution >= 0.6 is 0 Å². The van der Waals surface area contributed by atoms with Crippen LogP contribution in [0.5, 0.6) is 11.5 Å². The van der Waals surface area contributed by atoms with E-state index in [1.54, 1.807) is 32.4 Å². The molecule has 1 heterocycles. The Labute approximate surface area is 112 Å². The molecule has 0 saturated carbocycles. The van der Waals surface area contributed by atoms with E-state index in [1.807, 2.05) is 0 Å². The maximum Gasteiger partial charge on any atom is 0.183 e. The fraction of sp³-hybridized carbons (Fsp3) is 0.500. The van der Waals surface area contributed by atoms with E-state index in [0.717, 1.165) is 0 Å². The summed E-state index contributed by atoms with van der Waals surface area (Å²) >= 11 is 0. The molecule has 5 nitrogen and oxygen atoms in total. The van der Waals surface area contributed by atoms with E-state index < -0.39 is 5.54 Å². The molecule has 1 aromatic carbocycles. The Morgan fingerprint density at radius 1 is 1.16 bits per heavy atom. The number of ketones is 1. The second kappa shape index (κ2) is 5.59. The topological polar surface area (TPSA) is 70.8 Å². The quantitative estimate of drug-likeness (QED) is 0.833. The molecule has 5 heteroatoms. The lowest BCUT2D eigenvalue weighted by molar-refractivity contribution is 0.0447. The predicted molar refractivity (Wildman–Crippen MR) is 70.8 cm³/mol. The first-order valence-electron chi connectivity index (χ1n) is 6.23. The van der Waals surface area contributed by atoms with Gasteiger partial charge in [0.2, 0.25) is 0 Å². The van der Waals surface area contributed by atoms with Crippen LogP contribution < -0.4 is 15.2 Å². The molecule has 0 bridgehead atoms. The van der Waals surface area contributed by atoms with Crippen molar-refractivity contribution < 1.29 is 19.0 Å². The van der Waals surface area contributed by atoms with E-state index in [0.29, 0.717) is 43.1 Å². The summed E-state index contributed by atoms with van der Waals surface area (Å²) < 4.78 is 15.6. The van der Waals surface area contributed by atoms with Crippen LogP contribution in [0.25, 0.3) is 0 Å². The number of benzene rings is 1. The number of rotatable bonds is 4. The molecule has 1 aliphatic rings. The molecule has 1 fully saturated rings. The maximum absolute atomic E-state index is 12.6. The minimum atomic E-state index is -0.852. The van der Waals surface area contributed by atoms with Gasteiger partial charge in [-0.3, -0.25) is 4.79 Å². The Morgan fingerprint density at radius 2 is 1.68 bits per heavy atom. The highest BCUT2D eigenvalue weighted by atomic mass is 16.5. The van der Waals surface area contributed by atoms with Gasteiger partial charge < -0.3 is 19.9 Å². The van der Waals surface area contributed by atoms with Gasteiger partial charge in [-0.05, 0) is 25.0 Å². The first kappa shape index (κ1) is 13.8. The van der Waals surface area contributed by atoms with Gasteiger partial charge in [-0.25, -0.2) is 0 Å². The smallest absolute Gasteiger partial charge is 0.183 e. The fourth-order valence-electron chi connectivity index (χ4n) is 2.19. The minimum absolute atomic E-state index is 0.0898. The number of carbonyl (C=O) groups is 1. The molecule has 2 rings (SSSR count). The van der Waals surface area contributed by atoms with Crippen molar-refractivity contribution in [3.05, 3.63) is 23.8 Å². The number of carbonyl (C=O) groups excluding carboxylic acids is 1. The van der Waals surface area contributed by atoms with Gasteiger partial charge in [0.25, 0.3) is 0 Å². The molecule has 0 spiro atoms. The molecular weight excluding hydrogens is 246 g/mol. The average Bonchev–Trinajstić information content (AvgIpc) is 2.46. The number of methoxy groups -OCH3 is 2. The summed E-state index contributed by atoms with van der Waals surface area (Å²) in [7, 11) is 3.10. The van der Waals surface area contributed by atoms with Gasteiger partial charge in [0, 0.05) is 24.8 Å². The highest BCUT2D eigenvalue weighted by Crippen LogP contribution is 2.28. The number of Topliss-reactive ketones (excluding diaryl/α,β-unsaturated/α-hetero) is 1. The van der Waals surface area contributed by atoms with Gasteiger partial charge in [-0.1, -0.05) is 0 Å². The largest absolute Gasteiger partial charge is 0.497 e. The van der Waals surface area contributed by atoms with E-state index in [9.17, 15) is 4.79 Å². The highest BCUT2D eigenvalue weighted by molar-refractivity contribution is 6.03. The number of hydrogen-bond donors (Lipinski definition) is 1. The van der Waals surface area contributed by atoms with Gasteiger partial charge in [0.15, 0.2) is 5.78 Å². The van der Waals surface area contributed by atoms with Gasteiger partial charge in [0.05, 0.1) is 19.8 Å². The molecule has 2 N–H and O–H groups in total. The van der Waals surface area contributed by atoms with Crippen LogP contribution in [0.2, 0.25) is 0 Å². The fourth-order valence-corrected chi connectivity index (χ4v) is 2.19. The molecule has 0 unspecified atom stereocenters. The zero-order valence-corrected chi connectivity index (χ0v) is 11.3. The van der Waals surface area contributed by atoms with Crippen LogP contribution in [0.4, 0.5) is 0 Å². The van der Waals surface area contributed by atoms with Gasteiger partial charge >= 0.3 is 0 Å². The van der Waals surface area contributed by atoms with Crippen LogP contribution in [0.15, 0.2) is 18.2 Å². The van der Waals surface area contributed by atoms with Gasteiger partial charge in [0.1, 0.15) is 11.5 Å². The lowest BCUT2D eigenvalue weighted by atomic mass is 9.83. The second-order valence-electron chi connectivity index (χ2n) is 4.70. The van der Waals surface area contributed by atoms with E-state index in [2.05, 4.69) is 0 Å². The van der Waals surface area contributed by atoms with Crippen molar-refractivity contribution in [2.24, 2.45) is 5.73 Å². The molecule has 0 amide bonds. The van der Waals surface area contributed by atoms with Crippen molar-refractivity contribution in [3.8, 4) is 11.5 Å². The first-order chi connectivity index (χ1) is 9.09. The van der Waals surface area contributed by atoms with Crippen molar-refractivity contribution in [2.45, 2.75) is 18.4 Å². The summed E-state index contributed by atoms with van der Waals surface area (Å²) in [5.41, 5.74) is 5.87. The average molecular weight is 265 g/mol. The molecular formula is C14H19NO4. The summed E-state index contributed by atoms with van der Waals surface area (Å²) in [6.45, 7) is 1.03. The third kappa shape index (κ3) is 2.88. The third-order valence-electron chi connectivity index (χ3n) is 3.45. The third-order valence-corrected chi connectivity index (χ3v) is 3.45. The van der Waals surface area contributed by atoms with Crippen LogP contribution in [0.1, 0.15) is 23.2 Å². The molecule has 19 heavy (non-hydrogen) atoms. The Balaban J connectivity index is 2.32. The normalized spacial score (nSPS) is 17.8. The zero-order valence-electron chi connectivity index (χ0n) is 11.3. The van der Waals surface area contributed by atoms with Crippen LogP contribution in [0, 0.1) is 0 Å². The Hall–Kier alpha value is -1.59. The van der Waals surface area contributed by atoms with E-state index in [-0.39, 0.29) is 5.78 Å². The summed E-state index contributed by atoms with van der Waals surface area (Å²) in [4.78, 5) is 12.6. The minimum Gasteiger partial charge on any atom is -0.497 e. The molecule has 1 aromatic rings. The highest BCUT2D eigenvalue weighted by Gasteiger charge is 2.36. The molecule has 1 aliphatic heterocycles. The first-order valence-corrected chi connectivity index (χ1v) is 6.23. The zero-order chi connectivity index (χ0) is 13.9. The van der Waals surface area contributed by atoms with Crippen molar-refractivity contribution in [1.82, 2.24) is 0 Å². The second-order valence-corrected chi connectivity index (χ2v) is 4.70. The molecule has 0 aromatic heterocycles. The van der Waals surface area contributed by atoms with E-state index >= 15 is 0 Å². The van der Waals surface area contributed by atoms with Crippen molar-refractivity contribution >= 4 is 5.78 Å². The van der Waals surface area contributed by atoms with E-state index in [1.165, 1.54) is 0 Å². The Kier molecular flexibility index (Phi) is 4.07. The number of hydrogen-bond acceptors (Lipinski definition) is 5.